The predicted molar refractivity (Wildman–Crippen MR) is 179 cm³/mol. The van der Waals surface area contributed by atoms with Crippen LogP contribution in [-0.2, 0) is 5.41 Å². The largest absolute Gasteiger partial charge is 0.507 e. The molecule has 1 N–H and O–H groups in total. The lowest BCUT2D eigenvalue weighted by Crippen LogP contribution is -2.11. The number of phenols is 1. The average Bonchev–Trinajstić information content (AvgIpc) is 3.40. The standard InChI is InChI=1S/C39H36N2O2/c1-24-10-9-11-27(19-24)31-15-16-32(28-20-25(2)18-26(3)21-28)37-36(31)41-38(43-37)33-12-7-8-13-34(33)40-23-29-22-30(39(4,5)6)14-17-35(29)42/h7-23,42H,1-6H3. The topological polar surface area (TPSA) is 58.6 Å². The van der Waals surface area contributed by atoms with Gasteiger partial charge in [0.15, 0.2) is 5.58 Å². The summed E-state index contributed by atoms with van der Waals surface area (Å²) >= 11 is 0. The maximum absolute atomic E-state index is 10.6. The molecule has 0 bridgehead atoms. The quantitative estimate of drug-likeness (QED) is 0.212. The van der Waals surface area contributed by atoms with Gasteiger partial charge >= 0.3 is 0 Å². The van der Waals surface area contributed by atoms with Gasteiger partial charge in [-0.15, -0.1) is 0 Å². The van der Waals surface area contributed by atoms with E-state index < -0.39 is 0 Å². The highest BCUT2D eigenvalue weighted by molar-refractivity contribution is 6.01. The number of rotatable bonds is 5. The molecule has 6 rings (SSSR count). The fraction of sp³-hybridized carbons (Fsp3) is 0.179. The van der Waals surface area contributed by atoms with Crippen molar-refractivity contribution in [1.82, 2.24) is 4.98 Å². The molecule has 0 saturated carbocycles. The number of phenolic OH excluding ortho intramolecular Hbond substituents is 1. The molecule has 0 aliphatic heterocycles. The SMILES string of the molecule is Cc1cccc(-c2ccc(-c3cc(C)cc(C)c3)c3oc(-c4ccccc4N=Cc4cc(C(C)(C)C)ccc4O)nc23)c1. The number of aromatic nitrogens is 1. The van der Waals surface area contributed by atoms with E-state index in [1.807, 2.05) is 36.4 Å². The molecule has 0 saturated heterocycles. The summed E-state index contributed by atoms with van der Waals surface area (Å²) in [5.41, 5.74) is 12.6. The van der Waals surface area contributed by atoms with Crippen molar-refractivity contribution in [2.24, 2.45) is 4.99 Å². The first kappa shape index (κ1) is 28.2. The van der Waals surface area contributed by atoms with Gasteiger partial charge in [0.1, 0.15) is 11.3 Å². The number of para-hydroxylation sites is 1. The number of benzene rings is 5. The molecule has 0 radical (unpaired) electrons. The number of fused-ring (bicyclic) bond motifs is 1. The fourth-order valence-corrected chi connectivity index (χ4v) is 5.56. The van der Waals surface area contributed by atoms with Gasteiger partial charge in [0, 0.05) is 22.9 Å². The molecule has 1 heterocycles. The molecular formula is C39H36N2O2. The summed E-state index contributed by atoms with van der Waals surface area (Å²) in [6.07, 6.45) is 1.71. The molecule has 5 aromatic carbocycles. The Labute approximate surface area is 253 Å². The van der Waals surface area contributed by atoms with Crippen LogP contribution in [0.25, 0.3) is 44.8 Å². The number of aromatic hydroxyl groups is 1. The number of hydrogen-bond acceptors (Lipinski definition) is 4. The van der Waals surface area contributed by atoms with E-state index in [9.17, 15) is 5.11 Å². The Bertz CT molecular complexity index is 1990. The second-order valence-corrected chi connectivity index (χ2v) is 12.4. The maximum Gasteiger partial charge on any atom is 0.229 e. The number of nitrogens with zero attached hydrogens (tertiary/aromatic N) is 2. The summed E-state index contributed by atoms with van der Waals surface area (Å²) in [6.45, 7) is 12.8. The number of oxazole rings is 1. The van der Waals surface area contributed by atoms with Crippen LogP contribution in [0.2, 0.25) is 0 Å². The van der Waals surface area contributed by atoms with E-state index >= 15 is 0 Å². The Morgan fingerprint density at radius 2 is 1.42 bits per heavy atom. The fourth-order valence-electron chi connectivity index (χ4n) is 5.56. The molecule has 0 spiro atoms. The van der Waals surface area contributed by atoms with E-state index in [0.717, 1.165) is 44.5 Å². The molecule has 0 aliphatic rings. The van der Waals surface area contributed by atoms with Crippen LogP contribution in [0.3, 0.4) is 0 Å². The number of hydrogen-bond donors (Lipinski definition) is 1. The summed E-state index contributed by atoms with van der Waals surface area (Å²) < 4.78 is 6.66. The zero-order valence-electron chi connectivity index (χ0n) is 25.6. The van der Waals surface area contributed by atoms with Gasteiger partial charge in [-0.25, -0.2) is 4.98 Å². The normalized spacial score (nSPS) is 12.0. The minimum Gasteiger partial charge on any atom is -0.507 e. The van der Waals surface area contributed by atoms with Crippen LogP contribution in [0.1, 0.15) is 48.6 Å². The van der Waals surface area contributed by atoms with E-state index in [0.29, 0.717) is 17.1 Å². The minimum absolute atomic E-state index is 0.0467. The first-order valence-corrected chi connectivity index (χ1v) is 14.6. The van der Waals surface area contributed by atoms with Crippen molar-refractivity contribution in [2.75, 3.05) is 0 Å². The van der Waals surface area contributed by atoms with Crippen molar-refractivity contribution in [3.05, 3.63) is 125 Å². The third kappa shape index (κ3) is 5.74. The van der Waals surface area contributed by atoms with E-state index in [1.54, 1.807) is 12.3 Å². The molecule has 0 aliphatic carbocycles. The first-order chi connectivity index (χ1) is 20.6. The minimum atomic E-state index is -0.0467. The summed E-state index contributed by atoms with van der Waals surface area (Å²) in [5.74, 6) is 0.693. The van der Waals surface area contributed by atoms with Crippen molar-refractivity contribution >= 4 is 23.0 Å². The van der Waals surface area contributed by atoms with Gasteiger partial charge in [-0.2, -0.15) is 0 Å². The second kappa shape index (κ2) is 11.0. The molecule has 214 valence electrons. The smallest absolute Gasteiger partial charge is 0.229 e. The molecule has 4 heteroatoms. The van der Waals surface area contributed by atoms with Gasteiger partial charge in [-0.1, -0.05) is 104 Å². The van der Waals surface area contributed by atoms with Crippen molar-refractivity contribution in [2.45, 2.75) is 47.0 Å². The Balaban J connectivity index is 1.52. The van der Waals surface area contributed by atoms with Crippen LogP contribution in [-0.4, -0.2) is 16.3 Å². The lowest BCUT2D eigenvalue weighted by Gasteiger charge is -2.19. The molecule has 0 atom stereocenters. The van der Waals surface area contributed by atoms with Crippen LogP contribution in [0, 0.1) is 20.8 Å². The molecule has 43 heavy (non-hydrogen) atoms. The van der Waals surface area contributed by atoms with Crippen LogP contribution >= 0.6 is 0 Å². The maximum atomic E-state index is 10.6. The highest BCUT2D eigenvalue weighted by Gasteiger charge is 2.20. The molecule has 0 fully saturated rings. The Hall–Kier alpha value is -4.96. The first-order valence-electron chi connectivity index (χ1n) is 14.6. The summed E-state index contributed by atoms with van der Waals surface area (Å²) in [5, 5.41) is 10.6. The highest BCUT2D eigenvalue weighted by atomic mass is 16.3. The summed E-state index contributed by atoms with van der Waals surface area (Å²) in [7, 11) is 0. The van der Waals surface area contributed by atoms with Gasteiger partial charge < -0.3 is 9.52 Å². The van der Waals surface area contributed by atoms with Crippen LogP contribution < -0.4 is 0 Å². The Kier molecular flexibility index (Phi) is 7.23. The molecular weight excluding hydrogens is 528 g/mol. The van der Waals surface area contributed by atoms with Crippen molar-refractivity contribution in [3.63, 3.8) is 0 Å². The zero-order chi connectivity index (χ0) is 30.3. The van der Waals surface area contributed by atoms with Crippen molar-refractivity contribution < 1.29 is 9.52 Å². The van der Waals surface area contributed by atoms with Gasteiger partial charge in [0.25, 0.3) is 0 Å². The van der Waals surface area contributed by atoms with E-state index in [-0.39, 0.29) is 11.2 Å². The molecule has 6 aromatic rings. The average molecular weight is 565 g/mol. The highest BCUT2D eigenvalue weighted by Crippen LogP contribution is 2.40. The number of aryl methyl sites for hydroxylation is 3. The molecule has 4 nitrogen and oxygen atoms in total. The Morgan fingerprint density at radius 1 is 0.698 bits per heavy atom. The van der Waals surface area contributed by atoms with Crippen LogP contribution in [0.4, 0.5) is 5.69 Å². The monoisotopic (exact) mass is 564 g/mol. The third-order valence-electron chi connectivity index (χ3n) is 7.78. The summed E-state index contributed by atoms with van der Waals surface area (Å²) in [6, 6.07) is 32.8. The van der Waals surface area contributed by atoms with E-state index in [1.165, 1.54) is 16.7 Å². The number of aliphatic imine (C=N–C) groups is 1. The molecule has 0 amide bonds. The van der Waals surface area contributed by atoms with Crippen molar-refractivity contribution in [1.29, 1.82) is 0 Å². The van der Waals surface area contributed by atoms with Crippen molar-refractivity contribution in [3.8, 4) is 39.5 Å². The molecule has 1 aromatic heterocycles. The van der Waals surface area contributed by atoms with E-state index in [2.05, 4.69) is 96.1 Å². The van der Waals surface area contributed by atoms with Gasteiger partial charge in [-0.3, -0.25) is 4.99 Å². The lowest BCUT2D eigenvalue weighted by molar-refractivity contribution is 0.473. The Morgan fingerprint density at radius 3 is 2.16 bits per heavy atom. The zero-order valence-corrected chi connectivity index (χ0v) is 25.6. The van der Waals surface area contributed by atoms with E-state index in [4.69, 9.17) is 14.4 Å². The van der Waals surface area contributed by atoms with Gasteiger partial charge in [-0.05, 0) is 73.2 Å². The van der Waals surface area contributed by atoms with Crippen LogP contribution in [0.15, 0.2) is 106 Å². The van der Waals surface area contributed by atoms with Crippen LogP contribution in [0.5, 0.6) is 5.75 Å². The summed E-state index contributed by atoms with van der Waals surface area (Å²) in [4.78, 5) is 9.93. The van der Waals surface area contributed by atoms with Gasteiger partial charge in [0.05, 0.1) is 11.3 Å². The molecule has 0 unspecified atom stereocenters. The lowest BCUT2D eigenvalue weighted by atomic mass is 9.86. The third-order valence-corrected chi connectivity index (χ3v) is 7.78. The van der Waals surface area contributed by atoms with Gasteiger partial charge in [0.2, 0.25) is 5.89 Å². The second-order valence-electron chi connectivity index (χ2n) is 12.4. The predicted octanol–water partition coefficient (Wildman–Crippen LogP) is 10.5.